The average molecular weight is 336 g/mol. The molecule has 0 aliphatic carbocycles. The van der Waals surface area contributed by atoms with Crippen LogP contribution in [-0.4, -0.2) is 39.8 Å². The van der Waals surface area contributed by atoms with E-state index < -0.39 is 30.0 Å². The van der Waals surface area contributed by atoms with Crippen molar-refractivity contribution in [1.29, 1.82) is 0 Å². The summed E-state index contributed by atoms with van der Waals surface area (Å²) in [6.45, 7) is 15.9. The Kier molecular flexibility index (Phi) is 4.90. The van der Waals surface area contributed by atoms with Gasteiger partial charge < -0.3 is 14.0 Å². The fourth-order valence-corrected chi connectivity index (χ4v) is 2.87. The zero-order chi connectivity index (χ0) is 18.3. The largest absolute Gasteiger partial charge is 0.498 e. The molecule has 1 aliphatic heterocycles. The summed E-state index contributed by atoms with van der Waals surface area (Å²) in [7, 11) is -0.542. The van der Waals surface area contributed by atoms with Gasteiger partial charge in [0.25, 0.3) is 0 Å². The van der Waals surface area contributed by atoms with Crippen LogP contribution in [0.15, 0.2) is 12.4 Å². The predicted molar refractivity (Wildman–Crippen MR) is 93.4 cm³/mol. The van der Waals surface area contributed by atoms with Crippen molar-refractivity contribution in [3.05, 3.63) is 12.4 Å². The summed E-state index contributed by atoms with van der Waals surface area (Å²) in [6.07, 6.45) is 3.56. The monoisotopic (exact) mass is 336 g/mol. The molecule has 2 rings (SSSR count). The molecule has 6 nitrogen and oxygen atoms in total. The van der Waals surface area contributed by atoms with Gasteiger partial charge in [0.1, 0.15) is 5.60 Å². The smallest absolute Gasteiger partial charge is 0.442 e. The highest BCUT2D eigenvalue weighted by molar-refractivity contribution is 6.62. The van der Waals surface area contributed by atoms with Gasteiger partial charge in [-0.1, -0.05) is 13.8 Å². The quantitative estimate of drug-likeness (QED) is 0.794. The van der Waals surface area contributed by atoms with Crippen LogP contribution in [-0.2, 0) is 14.0 Å². The van der Waals surface area contributed by atoms with Gasteiger partial charge in [-0.15, -0.1) is 0 Å². The van der Waals surface area contributed by atoms with Crippen LogP contribution in [0.3, 0.4) is 0 Å². The SMILES string of the molecule is CC(C)CC1(C)OB(c2cnn(C(=O)OC(C)(C)C)c2)OC1(C)C. The fraction of sp³-hybridized carbons (Fsp3) is 0.765. The Labute approximate surface area is 145 Å². The number of carbonyl (C=O) groups is 1. The molecule has 7 heteroatoms. The Morgan fingerprint density at radius 1 is 1.33 bits per heavy atom. The van der Waals surface area contributed by atoms with E-state index >= 15 is 0 Å². The number of ether oxygens (including phenoxy) is 1. The van der Waals surface area contributed by atoms with E-state index in [4.69, 9.17) is 14.0 Å². The van der Waals surface area contributed by atoms with Crippen LogP contribution in [0.1, 0.15) is 61.8 Å². The van der Waals surface area contributed by atoms with Crippen molar-refractivity contribution >= 4 is 18.7 Å². The van der Waals surface area contributed by atoms with E-state index in [1.165, 1.54) is 4.68 Å². The van der Waals surface area contributed by atoms with Crippen LogP contribution in [0.25, 0.3) is 0 Å². The summed E-state index contributed by atoms with van der Waals surface area (Å²) in [5.41, 5.74) is -0.696. The Morgan fingerprint density at radius 3 is 2.50 bits per heavy atom. The maximum atomic E-state index is 12.1. The maximum Gasteiger partial charge on any atom is 0.498 e. The van der Waals surface area contributed by atoms with Gasteiger partial charge in [0.15, 0.2) is 0 Å². The first-order chi connectivity index (χ1) is 10.8. The number of nitrogens with zero attached hydrogens (tertiary/aromatic N) is 2. The molecule has 0 aromatic carbocycles. The molecular weight excluding hydrogens is 307 g/mol. The number of hydrogen-bond donors (Lipinski definition) is 0. The van der Waals surface area contributed by atoms with E-state index in [1.54, 1.807) is 12.4 Å². The third kappa shape index (κ3) is 4.01. The Bertz CT molecular complexity index is 606. The van der Waals surface area contributed by atoms with Crippen LogP contribution in [0.2, 0.25) is 0 Å². The molecule has 1 aromatic heterocycles. The zero-order valence-corrected chi connectivity index (χ0v) is 16.0. The van der Waals surface area contributed by atoms with Gasteiger partial charge in [-0.25, -0.2) is 4.79 Å². The second kappa shape index (κ2) is 6.19. The van der Waals surface area contributed by atoms with Gasteiger partial charge in [-0.2, -0.15) is 9.78 Å². The first kappa shape index (κ1) is 19.0. The molecule has 0 bridgehead atoms. The average Bonchev–Trinajstić information content (AvgIpc) is 2.90. The lowest BCUT2D eigenvalue weighted by atomic mass is 9.81. The van der Waals surface area contributed by atoms with E-state index in [0.29, 0.717) is 11.4 Å². The lowest BCUT2D eigenvalue weighted by Gasteiger charge is -2.37. The molecule has 0 N–H and O–H groups in total. The molecule has 134 valence electrons. The molecule has 2 heterocycles. The molecule has 0 radical (unpaired) electrons. The molecule has 1 fully saturated rings. The summed E-state index contributed by atoms with van der Waals surface area (Å²) in [4.78, 5) is 12.1. The van der Waals surface area contributed by atoms with Gasteiger partial charge in [0.2, 0.25) is 0 Å². The van der Waals surface area contributed by atoms with E-state index in [2.05, 4.69) is 25.9 Å². The van der Waals surface area contributed by atoms with Crippen LogP contribution in [0.4, 0.5) is 4.79 Å². The van der Waals surface area contributed by atoms with Crippen molar-refractivity contribution in [2.45, 2.75) is 78.6 Å². The lowest BCUT2D eigenvalue weighted by molar-refractivity contribution is -0.0239. The lowest BCUT2D eigenvalue weighted by Crippen LogP contribution is -2.45. The van der Waals surface area contributed by atoms with Crippen molar-refractivity contribution in [2.75, 3.05) is 0 Å². The van der Waals surface area contributed by atoms with Gasteiger partial charge >= 0.3 is 13.2 Å². The van der Waals surface area contributed by atoms with Crippen molar-refractivity contribution < 1.29 is 18.8 Å². The van der Waals surface area contributed by atoms with Crippen molar-refractivity contribution in [1.82, 2.24) is 9.78 Å². The number of rotatable bonds is 3. The molecular formula is C17H29BN2O4. The first-order valence-electron chi connectivity index (χ1n) is 8.46. The van der Waals surface area contributed by atoms with Crippen LogP contribution in [0, 0.1) is 5.92 Å². The van der Waals surface area contributed by atoms with Crippen LogP contribution >= 0.6 is 0 Å². The fourth-order valence-electron chi connectivity index (χ4n) is 2.87. The van der Waals surface area contributed by atoms with Gasteiger partial charge in [0, 0.05) is 17.9 Å². The Balaban J connectivity index is 2.15. The predicted octanol–water partition coefficient (Wildman–Crippen LogP) is 2.99. The third-order valence-corrected chi connectivity index (χ3v) is 4.30. The van der Waals surface area contributed by atoms with Crippen molar-refractivity contribution in [3.8, 4) is 0 Å². The number of hydrogen-bond acceptors (Lipinski definition) is 5. The van der Waals surface area contributed by atoms with E-state index in [0.717, 1.165) is 6.42 Å². The summed E-state index contributed by atoms with van der Waals surface area (Å²) >= 11 is 0. The minimum Gasteiger partial charge on any atom is -0.442 e. The van der Waals surface area contributed by atoms with E-state index in [-0.39, 0.29) is 0 Å². The Morgan fingerprint density at radius 2 is 1.96 bits per heavy atom. The molecule has 1 saturated heterocycles. The highest BCUT2D eigenvalue weighted by atomic mass is 16.7. The van der Waals surface area contributed by atoms with Crippen molar-refractivity contribution in [2.24, 2.45) is 5.92 Å². The molecule has 0 spiro atoms. The second-order valence-electron chi connectivity index (χ2n) is 8.61. The van der Waals surface area contributed by atoms with E-state index in [1.807, 2.05) is 34.6 Å². The molecule has 1 unspecified atom stereocenters. The minimum atomic E-state index is -0.568. The van der Waals surface area contributed by atoms with Gasteiger partial charge in [-0.05, 0) is 53.9 Å². The Hall–Kier alpha value is -1.34. The zero-order valence-electron chi connectivity index (χ0n) is 16.0. The molecule has 24 heavy (non-hydrogen) atoms. The molecule has 0 saturated carbocycles. The van der Waals surface area contributed by atoms with Crippen LogP contribution < -0.4 is 5.46 Å². The van der Waals surface area contributed by atoms with Gasteiger partial charge in [0.05, 0.1) is 11.2 Å². The standard InChI is InChI=1S/C17H29BN2O4/c1-12(2)9-17(8)16(6,7)23-18(24-17)13-10-19-20(11-13)14(21)22-15(3,4)5/h10-12H,9H2,1-8H3. The minimum absolute atomic E-state index is 0.403. The number of aromatic nitrogens is 2. The third-order valence-electron chi connectivity index (χ3n) is 4.30. The first-order valence-corrected chi connectivity index (χ1v) is 8.46. The molecule has 1 aromatic rings. The molecule has 1 aliphatic rings. The summed E-state index contributed by atoms with van der Waals surface area (Å²) < 4.78 is 18.8. The topological polar surface area (TPSA) is 62.6 Å². The highest BCUT2D eigenvalue weighted by Crippen LogP contribution is 2.41. The summed E-state index contributed by atoms with van der Waals surface area (Å²) in [5.74, 6) is 0.487. The molecule has 0 amide bonds. The normalized spacial score (nSPS) is 23.8. The summed E-state index contributed by atoms with van der Waals surface area (Å²) in [5, 5.41) is 4.08. The van der Waals surface area contributed by atoms with Gasteiger partial charge in [-0.3, -0.25) is 0 Å². The van der Waals surface area contributed by atoms with E-state index in [9.17, 15) is 4.79 Å². The van der Waals surface area contributed by atoms with Crippen LogP contribution in [0.5, 0.6) is 0 Å². The molecule has 1 atom stereocenters. The van der Waals surface area contributed by atoms with Crippen molar-refractivity contribution in [3.63, 3.8) is 0 Å². The number of carbonyl (C=O) groups excluding carboxylic acids is 1. The second-order valence-corrected chi connectivity index (χ2v) is 8.61. The summed E-state index contributed by atoms with van der Waals surface area (Å²) in [6, 6.07) is 0. The highest BCUT2D eigenvalue weighted by Gasteiger charge is 2.54. The maximum absolute atomic E-state index is 12.1.